The van der Waals surface area contributed by atoms with Crippen molar-refractivity contribution in [3.63, 3.8) is 0 Å². The number of benzene rings is 1. The third-order valence-electron chi connectivity index (χ3n) is 1.25. The summed E-state index contributed by atoms with van der Waals surface area (Å²) in [5, 5.41) is 16.6. The van der Waals surface area contributed by atoms with Gasteiger partial charge in [-0.05, 0) is 12.1 Å². The van der Waals surface area contributed by atoms with Gasteiger partial charge in [-0.1, -0.05) is 32.0 Å². The van der Waals surface area contributed by atoms with Crippen molar-refractivity contribution in [2.45, 2.75) is 13.8 Å². The zero-order valence-electron chi connectivity index (χ0n) is 7.77. The third kappa shape index (κ3) is 6.87. The summed E-state index contributed by atoms with van der Waals surface area (Å²) in [7, 11) is 0. The van der Waals surface area contributed by atoms with Crippen LogP contribution in [0.2, 0.25) is 0 Å². The molecule has 0 radical (unpaired) electrons. The molecule has 0 heterocycles. The van der Waals surface area contributed by atoms with Crippen LogP contribution >= 0.6 is 0 Å². The van der Waals surface area contributed by atoms with E-state index >= 15 is 0 Å². The zero-order valence-corrected chi connectivity index (χ0v) is 7.77. The fraction of sp³-hybridized carbons (Fsp3) is 0.300. The van der Waals surface area contributed by atoms with E-state index in [2.05, 4.69) is 0 Å². The van der Waals surface area contributed by atoms with E-state index in [9.17, 15) is 4.79 Å². The van der Waals surface area contributed by atoms with E-state index in [4.69, 9.17) is 10.2 Å². The van der Waals surface area contributed by atoms with E-state index in [1.807, 2.05) is 6.07 Å². The minimum absolute atomic E-state index is 0.231. The molecule has 1 aromatic rings. The van der Waals surface area contributed by atoms with E-state index in [-0.39, 0.29) is 5.92 Å². The molecule has 3 nitrogen and oxygen atoms in total. The van der Waals surface area contributed by atoms with Gasteiger partial charge < -0.3 is 10.2 Å². The van der Waals surface area contributed by atoms with Gasteiger partial charge in [0, 0.05) is 0 Å². The molecule has 1 aromatic carbocycles. The van der Waals surface area contributed by atoms with E-state index in [1.165, 1.54) is 0 Å². The summed E-state index contributed by atoms with van der Waals surface area (Å²) >= 11 is 0. The Morgan fingerprint density at radius 2 is 1.62 bits per heavy atom. The Morgan fingerprint density at radius 3 is 1.77 bits per heavy atom. The lowest BCUT2D eigenvalue weighted by atomic mass is 10.2. The summed E-state index contributed by atoms with van der Waals surface area (Å²) in [5.74, 6) is -0.650. The zero-order chi connectivity index (χ0) is 10.3. The molecule has 0 spiro atoms. The second-order valence-corrected chi connectivity index (χ2v) is 2.83. The van der Waals surface area contributed by atoms with Gasteiger partial charge in [0.05, 0.1) is 5.92 Å². The molecule has 1 rings (SSSR count). The largest absolute Gasteiger partial charge is 0.508 e. The van der Waals surface area contributed by atoms with Crippen molar-refractivity contribution in [3.8, 4) is 5.75 Å². The number of carbonyl (C=O) groups is 1. The molecular weight excluding hydrogens is 168 g/mol. The van der Waals surface area contributed by atoms with Crippen LogP contribution in [-0.2, 0) is 4.79 Å². The molecule has 0 bridgehead atoms. The molecule has 0 amide bonds. The molecule has 13 heavy (non-hydrogen) atoms. The molecule has 0 saturated carbocycles. The maximum Gasteiger partial charge on any atom is 0.305 e. The van der Waals surface area contributed by atoms with Crippen molar-refractivity contribution in [3.05, 3.63) is 30.3 Å². The number of hydrogen-bond acceptors (Lipinski definition) is 2. The third-order valence-corrected chi connectivity index (χ3v) is 1.25. The Morgan fingerprint density at radius 1 is 1.23 bits per heavy atom. The van der Waals surface area contributed by atoms with E-state index in [0.717, 1.165) is 0 Å². The quantitative estimate of drug-likeness (QED) is 0.699. The summed E-state index contributed by atoms with van der Waals surface area (Å²) in [6, 6.07) is 8.71. The predicted molar refractivity (Wildman–Crippen MR) is 50.6 cm³/mol. The number of aromatic hydroxyl groups is 1. The van der Waals surface area contributed by atoms with Crippen molar-refractivity contribution in [2.75, 3.05) is 0 Å². The van der Waals surface area contributed by atoms with E-state index < -0.39 is 5.97 Å². The summed E-state index contributed by atoms with van der Waals surface area (Å²) in [4.78, 5) is 9.70. The Hall–Kier alpha value is -1.51. The monoisotopic (exact) mass is 182 g/mol. The van der Waals surface area contributed by atoms with Crippen molar-refractivity contribution < 1.29 is 15.0 Å². The molecule has 0 aliphatic rings. The van der Waals surface area contributed by atoms with Gasteiger partial charge in [-0.2, -0.15) is 0 Å². The first-order valence-corrected chi connectivity index (χ1v) is 4.01. The van der Waals surface area contributed by atoms with Gasteiger partial charge in [-0.25, -0.2) is 0 Å². The maximum atomic E-state index is 9.70. The number of hydrogen-bond donors (Lipinski definition) is 2. The highest BCUT2D eigenvalue weighted by Gasteiger charge is 1.99. The fourth-order valence-corrected chi connectivity index (χ4v) is 0.428. The average Bonchev–Trinajstić information content (AvgIpc) is 2.06. The number of rotatable bonds is 1. The highest BCUT2D eigenvalue weighted by atomic mass is 16.4. The summed E-state index contributed by atoms with van der Waals surface area (Å²) in [6.45, 7) is 3.28. The van der Waals surface area contributed by atoms with Crippen LogP contribution in [0, 0.1) is 5.92 Å². The number of carboxylic acids is 1. The van der Waals surface area contributed by atoms with Crippen LogP contribution in [0.25, 0.3) is 0 Å². The van der Waals surface area contributed by atoms with Crippen LogP contribution < -0.4 is 0 Å². The number of carboxylic acid groups (broad SMARTS) is 1. The first kappa shape index (κ1) is 11.5. The van der Waals surface area contributed by atoms with E-state index in [0.29, 0.717) is 5.75 Å². The minimum atomic E-state index is -0.741. The summed E-state index contributed by atoms with van der Waals surface area (Å²) in [5.41, 5.74) is 0. The lowest BCUT2D eigenvalue weighted by molar-refractivity contribution is -0.140. The van der Waals surface area contributed by atoms with Crippen LogP contribution in [-0.4, -0.2) is 16.2 Å². The van der Waals surface area contributed by atoms with Crippen molar-refractivity contribution in [1.29, 1.82) is 0 Å². The van der Waals surface area contributed by atoms with Gasteiger partial charge >= 0.3 is 5.97 Å². The SMILES string of the molecule is CC(C)C(=O)O.Oc1ccccc1. The number of phenols is 1. The van der Waals surface area contributed by atoms with Crippen molar-refractivity contribution >= 4 is 5.97 Å². The topological polar surface area (TPSA) is 57.5 Å². The molecule has 2 N–H and O–H groups in total. The molecule has 72 valence electrons. The number of para-hydroxylation sites is 1. The van der Waals surface area contributed by atoms with Gasteiger partial charge in [0.1, 0.15) is 5.75 Å². The Bertz CT molecular complexity index is 242. The lowest BCUT2D eigenvalue weighted by Gasteiger charge is -1.89. The first-order chi connectivity index (χ1) is 6.04. The van der Waals surface area contributed by atoms with Gasteiger partial charge in [-0.3, -0.25) is 4.79 Å². The minimum Gasteiger partial charge on any atom is -0.508 e. The Kier molecular flexibility index (Phi) is 5.35. The molecule has 0 aromatic heterocycles. The van der Waals surface area contributed by atoms with Gasteiger partial charge in [-0.15, -0.1) is 0 Å². The van der Waals surface area contributed by atoms with Gasteiger partial charge in [0.25, 0.3) is 0 Å². The van der Waals surface area contributed by atoms with Crippen LogP contribution in [0.15, 0.2) is 30.3 Å². The van der Waals surface area contributed by atoms with Crippen molar-refractivity contribution in [2.24, 2.45) is 5.92 Å². The van der Waals surface area contributed by atoms with Gasteiger partial charge in [0.2, 0.25) is 0 Å². The molecule has 0 fully saturated rings. The fourth-order valence-electron chi connectivity index (χ4n) is 0.428. The highest BCUT2D eigenvalue weighted by molar-refractivity contribution is 5.68. The summed E-state index contributed by atoms with van der Waals surface area (Å²) < 4.78 is 0. The predicted octanol–water partition coefficient (Wildman–Crippen LogP) is 2.12. The molecule has 3 heteroatoms. The average molecular weight is 182 g/mol. The Balaban J connectivity index is 0.000000226. The van der Waals surface area contributed by atoms with Crippen LogP contribution in [0.5, 0.6) is 5.75 Å². The number of phenolic OH excluding ortho intramolecular Hbond substituents is 1. The first-order valence-electron chi connectivity index (χ1n) is 4.01. The maximum absolute atomic E-state index is 9.70. The second-order valence-electron chi connectivity index (χ2n) is 2.83. The second kappa shape index (κ2) is 6.06. The molecular formula is C10H14O3. The number of aliphatic carboxylic acids is 1. The van der Waals surface area contributed by atoms with Gasteiger partial charge in [0.15, 0.2) is 0 Å². The normalized spacial score (nSPS) is 8.85. The molecule has 0 aliphatic heterocycles. The van der Waals surface area contributed by atoms with Crippen LogP contribution in [0.4, 0.5) is 0 Å². The Labute approximate surface area is 77.6 Å². The standard InChI is InChI=1S/C6H6O.C4H8O2/c7-6-4-2-1-3-5-6;1-3(2)4(5)6/h1-5,7H;3H,1-2H3,(H,5,6). The molecule has 0 atom stereocenters. The van der Waals surface area contributed by atoms with E-state index in [1.54, 1.807) is 38.1 Å². The van der Waals surface area contributed by atoms with Crippen molar-refractivity contribution in [1.82, 2.24) is 0 Å². The highest BCUT2D eigenvalue weighted by Crippen LogP contribution is 2.02. The lowest BCUT2D eigenvalue weighted by Crippen LogP contribution is -2.03. The van der Waals surface area contributed by atoms with Crippen LogP contribution in [0.1, 0.15) is 13.8 Å². The summed E-state index contributed by atoms with van der Waals surface area (Å²) in [6.07, 6.45) is 0. The smallest absolute Gasteiger partial charge is 0.305 e. The molecule has 0 aliphatic carbocycles. The molecule has 0 saturated heterocycles. The molecule has 0 unspecified atom stereocenters. The van der Waals surface area contributed by atoms with Crippen LogP contribution in [0.3, 0.4) is 0 Å².